The predicted molar refractivity (Wildman–Crippen MR) is 76.3 cm³/mol. The second-order valence-corrected chi connectivity index (χ2v) is 5.28. The summed E-state index contributed by atoms with van der Waals surface area (Å²) in [6, 6.07) is 10.3. The molecule has 0 amide bonds. The van der Waals surface area contributed by atoms with Crippen LogP contribution in [-0.4, -0.2) is 24.3 Å². The van der Waals surface area contributed by atoms with Crippen LogP contribution in [0.5, 0.6) is 0 Å². The first-order valence-corrected chi connectivity index (χ1v) is 6.87. The Bertz CT molecular complexity index is 366. The Morgan fingerprint density at radius 1 is 1.17 bits per heavy atom. The van der Waals surface area contributed by atoms with Gasteiger partial charge in [0.1, 0.15) is 0 Å². The Kier molecular flexibility index (Phi) is 4.97. The summed E-state index contributed by atoms with van der Waals surface area (Å²) in [5.74, 6) is 0.719. The third-order valence-corrected chi connectivity index (χ3v) is 3.77. The molecule has 1 aromatic rings. The van der Waals surface area contributed by atoms with Crippen LogP contribution in [0.3, 0.4) is 0 Å². The van der Waals surface area contributed by atoms with Gasteiger partial charge in [0.15, 0.2) is 0 Å². The summed E-state index contributed by atoms with van der Waals surface area (Å²) >= 11 is 0. The summed E-state index contributed by atoms with van der Waals surface area (Å²) in [6.45, 7) is 6.01. The molecule has 2 rings (SSSR count). The summed E-state index contributed by atoms with van der Waals surface area (Å²) in [5.41, 5.74) is 2.36. The van der Waals surface area contributed by atoms with Crippen molar-refractivity contribution in [3.8, 4) is 0 Å². The molecule has 2 nitrogen and oxygen atoms in total. The van der Waals surface area contributed by atoms with E-state index in [1.165, 1.54) is 5.56 Å². The molecule has 1 aliphatic rings. The van der Waals surface area contributed by atoms with Gasteiger partial charge < -0.3 is 10.4 Å². The van der Waals surface area contributed by atoms with Crippen LogP contribution in [0.25, 0.3) is 5.57 Å². The minimum absolute atomic E-state index is 0.0551. The van der Waals surface area contributed by atoms with Crippen molar-refractivity contribution < 1.29 is 5.11 Å². The van der Waals surface area contributed by atoms with Crippen molar-refractivity contribution in [1.29, 1.82) is 0 Å². The molecule has 0 heterocycles. The van der Waals surface area contributed by atoms with Gasteiger partial charge in [0.2, 0.25) is 0 Å². The molecule has 0 radical (unpaired) electrons. The highest BCUT2D eigenvalue weighted by atomic mass is 16.3. The fraction of sp³-hybridized carbons (Fsp3) is 0.500. The average molecular weight is 245 g/mol. The van der Waals surface area contributed by atoms with Crippen molar-refractivity contribution >= 4 is 5.57 Å². The summed E-state index contributed by atoms with van der Waals surface area (Å²) in [4.78, 5) is 0. The Labute approximate surface area is 110 Å². The lowest BCUT2D eigenvalue weighted by molar-refractivity contribution is 0.108. The number of hydrogen-bond donors (Lipinski definition) is 2. The zero-order valence-electron chi connectivity index (χ0n) is 10.9. The van der Waals surface area contributed by atoms with Gasteiger partial charge in [-0.25, -0.2) is 0 Å². The molecule has 1 saturated carbocycles. The third-order valence-electron chi connectivity index (χ3n) is 3.77. The third kappa shape index (κ3) is 3.97. The van der Waals surface area contributed by atoms with Gasteiger partial charge in [-0.3, -0.25) is 0 Å². The summed E-state index contributed by atoms with van der Waals surface area (Å²) in [5, 5.41) is 12.9. The second-order valence-electron chi connectivity index (χ2n) is 5.28. The molecule has 1 aromatic carbocycles. The maximum atomic E-state index is 9.45. The lowest BCUT2D eigenvalue weighted by atomic mass is 9.87. The first-order chi connectivity index (χ1) is 8.75. The van der Waals surface area contributed by atoms with E-state index >= 15 is 0 Å². The quantitative estimate of drug-likeness (QED) is 0.836. The lowest BCUT2D eigenvalue weighted by Crippen LogP contribution is -2.28. The number of rotatable bonds is 5. The van der Waals surface area contributed by atoms with Crippen molar-refractivity contribution in [2.45, 2.75) is 31.8 Å². The number of aliphatic hydroxyl groups excluding tert-OH is 1. The number of nitrogens with one attached hydrogen (secondary N) is 1. The highest BCUT2D eigenvalue weighted by Crippen LogP contribution is 2.23. The molecule has 0 aliphatic heterocycles. The van der Waals surface area contributed by atoms with Gasteiger partial charge in [0, 0.05) is 6.54 Å². The predicted octanol–water partition coefficient (Wildman–Crippen LogP) is 2.84. The highest BCUT2D eigenvalue weighted by Gasteiger charge is 2.18. The zero-order chi connectivity index (χ0) is 12.8. The molecule has 0 saturated heterocycles. The maximum Gasteiger partial charge on any atom is 0.0540 e. The average Bonchev–Trinajstić information content (AvgIpc) is 2.42. The molecule has 0 atom stereocenters. The summed E-state index contributed by atoms with van der Waals surface area (Å²) < 4.78 is 0. The molecule has 2 N–H and O–H groups in total. The van der Waals surface area contributed by atoms with Crippen LogP contribution in [0.2, 0.25) is 0 Å². The molecule has 18 heavy (non-hydrogen) atoms. The molecule has 0 spiro atoms. The van der Waals surface area contributed by atoms with Gasteiger partial charge in [-0.2, -0.15) is 0 Å². The lowest BCUT2D eigenvalue weighted by Gasteiger charge is -2.25. The molecular weight excluding hydrogens is 222 g/mol. The first-order valence-electron chi connectivity index (χ1n) is 6.87. The molecule has 98 valence electrons. The van der Waals surface area contributed by atoms with E-state index < -0.39 is 0 Å². The van der Waals surface area contributed by atoms with Crippen molar-refractivity contribution in [1.82, 2.24) is 5.32 Å². The fourth-order valence-electron chi connectivity index (χ4n) is 2.55. The monoisotopic (exact) mass is 245 g/mol. The van der Waals surface area contributed by atoms with E-state index in [-0.39, 0.29) is 6.10 Å². The molecule has 2 heteroatoms. The van der Waals surface area contributed by atoms with Gasteiger partial charge in [-0.15, -0.1) is 0 Å². The first kappa shape index (κ1) is 13.3. The fourth-order valence-corrected chi connectivity index (χ4v) is 2.55. The highest BCUT2D eigenvalue weighted by molar-refractivity contribution is 5.64. The van der Waals surface area contributed by atoms with Crippen molar-refractivity contribution in [2.24, 2.45) is 5.92 Å². The standard InChI is InChI=1S/C16H23NO/c1-13(15-5-3-2-4-6-15)11-17-12-14-7-9-16(18)10-8-14/h2-6,14,16-18H,1,7-12H2. The largest absolute Gasteiger partial charge is 0.393 e. The van der Waals surface area contributed by atoms with Crippen LogP contribution in [0, 0.1) is 5.92 Å². The van der Waals surface area contributed by atoms with Crippen LogP contribution in [0.15, 0.2) is 36.9 Å². The van der Waals surface area contributed by atoms with E-state index in [0.717, 1.165) is 50.3 Å². The van der Waals surface area contributed by atoms with Crippen LogP contribution in [0.4, 0.5) is 0 Å². The Morgan fingerprint density at radius 2 is 1.83 bits per heavy atom. The maximum absolute atomic E-state index is 9.45. The normalized spacial score (nSPS) is 23.8. The van der Waals surface area contributed by atoms with E-state index in [9.17, 15) is 5.11 Å². The SMILES string of the molecule is C=C(CNCC1CCC(O)CC1)c1ccccc1. The smallest absolute Gasteiger partial charge is 0.0540 e. The Balaban J connectivity index is 1.68. The number of aliphatic hydroxyl groups is 1. The molecular formula is C16H23NO. The summed E-state index contributed by atoms with van der Waals surface area (Å²) in [7, 11) is 0. The van der Waals surface area contributed by atoms with E-state index in [1.54, 1.807) is 0 Å². The minimum Gasteiger partial charge on any atom is -0.393 e. The van der Waals surface area contributed by atoms with E-state index in [2.05, 4.69) is 24.0 Å². The second kappa shape index (κ2) is 6.72. The van der Waals surface area contributed by atoms with Gasteiger partial charge in [-0.05, 0) is 49.3 Å². The van der Waals surface area contributed by atoms with E-state index in [0.29, 0.717) is 0 Å². The van der Waals surface area contributed by atoms with Crippen LogP contribution in [0.1, 0.15) is 31.2 Å². The molecule has 1 fully saturated rings. The minimum atomic E-state index is -0.0551. The van der Waals surface area contributed by atoms with Crippen LogP contribution < -0.4 is 5.32 Å². The number of hydrogen-bond acceptors (Lipinski definition) is 2. The van der Waals surface area contributed by atoms with Gasteiger partial charge in [-0.1, -0.05) is 36.9 Å². The number of benzene rings is 1. The van der Waals surface area contributed by atoms with Crippen molar-refractivity contribution in [2.75, 3.05) is 13.1 Å². The van der Waals surface area contributed by atoms with Crippen LogP contribution in [-0.2, 0) is 0 Å². The zero-order valence-corrected chi connectivity index (χ0v) is 10.9. The van der Waals surface area contributed by atoms with Gasteiger partial charge >= 0.3 is 0 Å². The van der Waals surface area contributed by atoms with E-state index in [4.69, 9.17) is 0 Å². The topological polar surface area (TPSA) is 32.3 Å². The Hall–Kier alpha value is -1.12. The Morgan fingerprint density at radius 3 is 2.50 bits per heavy atom. The van der Waals surface area contributed by atoms with Crippen molar-refractivity contribution in [3.05, 3.63) is 42.5 Å². The molecule has 0 bridgehead atoms. The molecule has 0 unspecified atom stereocenters. The van der Waals surface area contributed by atoms with Gasteiger partial charge in [0.05, 0.1) is 6.10 Å². The molecule has 1 aliphatic carbocycles. The van der Waals surface area contributed by atoms with Crippen LogP contribution >= 0.6 is 0 Å². The van der Waals surface area contributed by atoms with Crippen molar-refractivity contribution in [3.63, 3.8) is 0 Å². The van der Waals surface area contributed by atoms with E-state index in [1.807, 2.05) is 18.2 Å². The van der Waals surface area contributed by atoms with Gasteiger partial charge in [0.25, 0.3) is 0 Å². The molecule has 0 aromatic heterocycles. The summed E-state index contributed by atoms with van der Waals surface area (Å²) in [6.07, 6.45) is 4.16.